The van der Waals surface area contributed by atoms with Crippen molar-refractivity contribution in [1.29, 1.82) is 0 Å². The molecule has 21 heavy (non-hydrogen) atoms. The average molecular weight is 294 g/mol. The number of nitrogens with one attached hydrogen (secondary N) is 1. The molecule has 3 atom stereocenters. The standard InChI is InChI=1S/C20H39N/c1-5-6-7-8-9-10-11-12-15-21-18-19(2,3)17-13-14-20(18,4)16-17/h17-18,21H,5-16H2,1-4H3/t17-,18?,20+/m0/s1. The molecule has 0 aromatic carbocycles. The Labute approximate surface area is 133 Å². The molecule has 2 aliphatic rings. The Bertz CT molecular complexity index is 304. The van der Waals surface area contributed by atoms with E-state index in [2.05, 4.69) is 33.0 Å². The van der Waals surface area contributed by atoms with Crippen LogP contribution in [0.3, 0.4) is 0 Å². The van der Waals surface area contributed by atoms with E-state index >= 15 is 0 Å². The zero-order valence-electron chi connectivity index (χ0n) is 15.1. The minimum Gasteiger partial charge on any atom is -0.313 e. The van der Waals surface area contributed by atoms with Crippen molar-refractivity contribution in [2.24, 2.45) is 16.7 Å². The first kappa shape index (κ1) is 17.3. The summed E-state index contributed by atoms with van der Waals surface area (Å²) in [5.74, 6) is 0.971. The molecule has 2 saturated carbocycles. The molecule has 0 spiro atoms. The van der Waals surface area contributed by atoms with Crippen LogP contribution in [0.25, 0.3) is 0 Å². The number of hydrogen-bond acceptors (Lipinski definition) is 1. The van der Waals surface area contributed by atoms with Crippen LogP contribution in [0, 0.1) is 16.7 Å². The predicted molar refractivity (Wildman–Crippen MR) is 93.6 cm³/mol. The van der Waals surface area contributed by atoms with Gasteiger partial charge in [0.25, 0.3) is 0 Å². The molecule has 0 aromatic rings. The molecule has 0 aliphatic heterocycles. The third-order valence-electron chi connectivity index (χ3n) is 6.65. The lowest BCUT2D eigenvalue weighted by molar-refractivity contribution is 0.109. The highest BCUT2D eigenvalue weighted by Crippen LogP contribution is 2.62. The fourth-order valence-corrected chi connectivity index (χ4v) is 5.32. The minimum absolute atomic E-state index is 0.521. The van der Waals surface area contributed by atoms with Crippen LogP contribution >= 0.6 is 0 Å². The molecule has 2 rings (SSSR count). The van der Waals surface area contributed by atoms with Gasteiger partial charge in [-0.25, -0.2) is 0 Å². The predicted octanol–water partition coefficient (Wildman–Crippen LogP) is 5.93. The van der Waals surface area contributed by atoms with E-state index in [4.69, 9.17) is 0 Å². The van der Waals surface area contributed by atoms with Gasteiger partial charge in [0, 0.05) is 6.04 Å². The van der Waals surface area contributed by atoms with Crippen LogP contribution < -0.4 is 5.32 Å². The molecule has 2 fully saturated rings. The maximum atomic E-state index is 3.96. The van der Waals surface area contributed by atoms with Gasteiger partial charge in [-0.3, -0.25) is 0 Å². The van der Waals surface area contributed by atoms with Crippen LogP contribution in [-0.2, 0) is 0 Å². The molecule has 0 aromatic heterocycles. The highest BCUT2D eigenvalue weighted by atomic mass is 15.0. The molecule has 0 heterocycles. The Hall–Kier alpha value is -0.0400. The van der Waals surface area contributed by atoms with Gasteiger partial charge in [0.15, 0.2) is 0 Å². The molecule has 1 nitrogen and oxygen atoms in total. The zero-order valence-corrected chi connectivity index (χ0v) is 15.1. The van der Waals surface area contributed by atoms with Crippen molar-refractivity contribution in [2.75, 3.05) is 6.54 Å². The summed E-state index contributed by atoms with van der Waals surface area (Å²) in [5, 5.41) is 3.96. The Morgan fingerprint density at radius 1 is 0.905 bits per heavy atom. The van der Waals surface area contributed by atoms with Gasteiger partial charge in [0.2, 0.25) is 0 Å². The minimum atomic E-state index is 0.521. The lowest BCUT2D eigenvalue weighted by atomic mass is 9.68. The van der Waals surface area contributed by atoms with Crippen LogP contribution in [0.5, 0.6) is 0 Å². The molecule has 124 valence electrons. The van der Waals surface area contributed by atoms with Crippen LogP contribution in [0.15, 0.2) is 0 Å². The van der Waals surface area contributed by atoms with E-state index in [0.29, 0.717) is 10.8 Å². The van der Waals surface area contributed by atoms with E-state index in [1.807, 2.05) is 0 Å². The van der Waals surface area contributed by atoms with Gasteiger partial charge in [-0.15, -0.1) is 0 Å². The van der Waals surface area contributed by atoms with E-state index in [1.54, 1.807) is 0 Å². The molecule has 2 aliphatic carbocycles. The number of rotatable bonds is 10. The Kier molecular flexibility index (Phi) is 6.17. The maximum Gasteiger partial charge on any atom is 0.0175 e. The summed E-state index contributed by atoms with van der Waals surface area (Å²) in [4.78, 5) is 0. The maximum absolute atomic E-state index is 3.96. The fourth-order valence-electron chi connectivity index (χ4n) is 5.32. The van der Waals surface area contributed by atoms with Crippen molar-refractivity contribution in [2.45, 2.75) is 104 Å². The quantitative estimate of drug-likeness (QED) is 0.492. The first-order chi connectivity index (χ1) is 10.0. The fraction of sp³-hybridized carbons (Fsp3) is 1.00. The topological polar surface area (TPSA) is 12.0 Å². The van der Waals surface area contributed by atoms with Crippen molar-refractivity contribution < 1.29 is 0 Å². The van der Waals surface area contributed by atoms with Gasteiger partial charge in [-0.05, 0) is 49.0 Å². The van der Waals surface area contributed by atoms with Gasteiger partial charge < -0.3 is 5.32 Å². The molecule has 0 amide bonds. The SMILES string of the molecule is CCCCCCCCCCNC1C(C)(C)[C@H]2CC[C@]1(C)C2. The molecule has 2 bridgehead atoms. The number of unbranched alkanes of at least 4 members (excludes halogenated alkanes) is 7. The average Bonchev–Trinajstić information content (AvgIpc) is 2.91. The summed E-state index contributed by atoms with van der Waals surface area (Å²) >= 11 is 0. The summed E-state index contributed by atoms with van der Waals surface area (Å²) in [6.45, 7) is 11.1. The molecular weight excluding hydrogens is 254 g/mol. The summed E-state index contributed by atoms with van der Waals surface area (Å²) in [6, 6.07) is 0.758. The summed E-state index contributed by atoms with van der Waals surface area (Å²) < 4.78 is 0. The normalized spacial score (nSPS) is 33.7. The van der Waals surface area contributed by atoms with E-state index in [1.165, 1.54) is 77.2 Å². The van der Waals surface area contributed by atoms with E-state index in [-0.39, 0.29) is 0 Å². The largest absolute Gasteiger partial charge is 0.313 e. The van der Waals surface area contributed by atoms with Gasteiger partial charge in [0.05, 0.1) is 0 Å². The number of fused-ring (bicyclic) bond motifs is 2. The smallest absolute Gasteiger partial charge is 0.0175 e. The lowest BCUT2D eigenvalue weighted by Gasteiger charge is -2.43. The number of hydrogen-bond donors (Lipinski definition) is 1. The van der Waals surface area contributed by atoms with Crippen molar-refractivity contribution in [3.8, 4) is 0 Å². The van der Waals surface area contributed by atoms with Crippen molar-refractivity contribution in [3.05, 3.63) is 0 Å². The molecular formula is C20H39N. The van der Waals surface area contributed by atoms with Crippen molar-refractivity contribution in [1.82, 2.24) is 5.32 Å². The second-order valence-electron chi connectivity index (χ2n) is 8.78. The Balaban J connectivity index is 1.57. The van der Waals surface area contributed by atoms with Gasteiger partial charge >= 0.3 is 0 Å². The summed E-state index contributed by atoms with van der Waals surface area (Å²) in [7, 11) is 0. The van der Waals surface area contributed by atoms with E-state index in [9.17, 15) is 0 Å². The van der Waals surface area contributed by atoms with Crippen molar-refractivity contribution >= 4 is 0 Å². The van der Waals surface area contributed by atoms with Crippen LogP contribution in [0.2, 0.25) is 0 Å². The highest BCUT2D eigenvalue weighted by molar-refractivity contribution is 5.11. The third-order valence-corrected chi connectivity index (χ3v) is 6.65. The monoisotopic (exact) mass is 293 g/mol. The Morgan fingerprint density at radius 2 is 1.52 bits per heavy atom. The zero-order chi connectivity index (χ0) is 15.3. The molecule has 1 unspecified atom stereocenters. The van der Waals surface area contributed by atoms with Crippen LogP contribution in [-0.4, -0.2) is 12.6 Å². The van der Waals surface area contributed by atoms with Crippen molar-refractivity contribution in [3.63, 3.8) is 0 Å². The molecule has 0 saturated heterocycles. The second kappa shape index (κ2) is 7.49. The summed E-state index contributed by atoms with van der Waals surface area (Å²) in [5.41, 5.74) is 1.11. The first-order valence-electron chi connectivity index (χ1n) is 9.74. The second-order valence-corrected chi connectivity index (χ2v) is 8.78. The lowest BCUT2D eigenvalue weighted by Crippen LogP contribution is -2.50. The summed E-state index contributed by atoms with van der Waals surface area (Å²) in [6.07, 6.45) is 15.8. The van der Waals surface area contributed by atoms with Crippen LogP contribution in [0.4, 0.5) is 0 Å². The highest BCUT2D eigenvalue weighted by Gasteiger charge is 2.58. The van der Waals surface area contributed by atoms with E-state index in [0.717, 1.165) is 12.0 Å². The van der Waals surface area contributed by atoms with E-state index < -0.39 is 0 Å². The molecule has 0 radical (unpaired) electrons. The van der Waals surface area contributed by atoms with Gasteiger partial charge in [-0.1, -0.05) is 72.6 Å². The van der Waals surface area contributed by atoms with Gasteiger partial charge in [0.1, 0.15) is 0 Å². The first-order valence-corrected chi connectivity index (χ1v) is 9.74. The molecule has 1 N–H and O–H groups in total. The molecule has 1 heteroatoms. The van der Waals surface area contributed by atoms with Gasteiger partial charge in [-0.2, -0.15) is 0 Å². The third kappa shape index (κ3) is 4.03. The van der Waals surface area contributed by atoms with Crippen LogP contribution in [0.1, 0.15) is 98.3 Å². The Morgan fingerprint density at radius 3 is 2.10 bits per heavy atom.